The number of carbonyl (C=O) groups is 3. The lowest BCUT2D eigenvalue weighted by Gasteiger charge is -2.31. The topological polar surface area (TPSA) is 84.9 Å². The van der Waals surface area contributed by atoms with E-state index in [1.807, 2.05) is 17.0 Å². The lowest BCUT2D eigenvalue weighted by atomic mass is 9.88. The lowest BCUT2D eigenvalue weighted by molar-refractivity contribution is -0.131. The van der Waals surface area contributed by atoms with Gasteiger partial charge >= 0.3 is 0 Å². The van der Waals surface area contributed by atoms with Crippen LogP contribution in [0.5, 0.6) is 11.5 Å². The molecule has 2 heterocycles. The van der Waals surface area contributed by atoms with Crippen LogP contribution in [-0.2, 0) is 16.0 Å². The summed E-state index contributed by atoms with van der Waals surface area (Å²) in [7, 11) is 0. The minimum Gasteiger partial charge on any atom is -0.486 e. The number of Topliss-reactive ketones (excluding diaryl/α,β-unsaturated/α-hetero) is 1. The van der Waals surface area contributed by atoms with Gasteiger partial charge in [-0.05, 0) is 48.7 Å². The number of hydrogen-bond acceptors (Lipinski definition) is 5. The molecule has 2 aromatic rings. The number of rotatable bonds is 5. The monoisotopic (exact) mass is 422 g/mol. The van der Waals surface area contributed by atoms with Crippen molar-refractivity contribution in [3.8, 4) is 11.5 Å². The van der Waals surface area contributed by atoms with Crippen molar-refractivity contribution in [2.24, 2.45) is 5.92 Å². The summed E-state index contributed by atoms with van der Waals surface area (Å²) < 4.78 is 11.1. The van der Waals surface area contributed by atoms with Crippen molar-refractivity contribution < 1.29 is 23.9 Å². The highest BCUT2D eigenvalue weighted by Crippen LogP contribution is 2.32. The van der Waals surface area contributed by atoms with Crippen LogP contribution >= 0.6 is 0 Å². The molecule has 162 valence electrons. The molecule has 0 bridgehead atoms. The standard InChI is InChI=1S/C24H26N2O5/c1-16(27)25-20-5-2-17(3-6-20)14-23(28)26-10-8-18(9-11-26)24(29)19-4-7-21-22(15-19)31-13-12-30-21/h2-7,15,18H,8-14H2,1H3,(H,25,27). The molecular weight excluding hydrogens is 396 g/mol. The second kappa shape index (κ2) is 9.20. The number of nitrogens with zero attached hydrogens (tertiary/aromatic N) is 1. The molecule has 7 heteroatoms. The Morgan fingerprint density at radius 2 is 1.65 bits per heavy atom. The fraction of sp³-hybridized carbons (Fsp3) is 0.375. The normalized spacial score (nSPS) is 16.0. The quantitative estimate of drug-likeness (QED) is 0.749. The Labute approximate surface area is 181 Å². The van der Waals surface area contributed by atoms with Gasteiger partial charge in [0.15, 0.2) is 17.3 Å². The molecule has 7 nitrogen and oxygen atoms in total. The number of amides is 2. The van der Waals surface area contributed by atoms with Gasteiger partial charge in [-0.1, -0.05) is 12.1 Å². The van der Waals surface area contributed by atoms with E-state index in [1.165, 1.54) is 6.92 Å². The molecule has 0 spiro atoms. The molecule has 0 unspecified atom stereocenters. The average molecular weight is 422 g/mol. The Morgan fingerprint density at radius 3 is 2.32 bits per heavy atom. The first-order valence-electron chi connectivity index (χ1n) is 10.6. The molecule has 1 saturated heterocycles. The maximum absolute atomic E-state index is 12.9. The van der Waals surface area contributed by atoms with E-state index in [-0.39, 0.29) is 23.5 Å². The lowest BCUT2D eigenvalue weighted by Crippen LogP contribution is -2.41. The van der Waals surface area contributed by atoms with Crippen LogP contribution in [0.15, 0.2) is 42.5 Å². The Kier molecular flexibility index (Phi) is 6.21. The van der Waals surface area contributed by atoms with Gasteiger partial charge < -0.3 is 19.7 Å². The molecule has 1 N–H and O–H groups in total. The number of hydrogen-bond donors (Lipinski definition) is 1. The van der Waals surface area contributed by atoms with Crippen LogP contribution in [0, 0.1) is 5.92 Å². The maximum Gasteiger partial charge on any atom is 0.226 e. The minimum atomic E-state index is -0.127. The van der Waals surface area contributed by atoms with Crippen molar-refractivity contribution in [3.63, 3.8) is 0 Å². The van der Waals surface area contributed by atoms with Gasteiger partial charge in [-0.3, -0.25) is 14.4 Å². The zero-order chi connectivity index (χ0) is 21.8. The van der Waals surface area contributed by atoms with E-state index in [1.54, 1.807) is 30.3 Å². The van der Waals surface area contributed by atoms with Crippen molar-refractivity contribution in [2.75, 3.05) is 31.6 Å². The molecule has 4 rings (SSSR count). The van der Waals surface area contributed by atoms with E-state index in [9.17, 15) is 14.4 Å². The summed E-state index contributed by atoms with van der Waals surface area (Å²) >= 11 is 0. The second-order valence-electron chi connectivity index (χ2n) is 7.93. The zero-order valence-corrected chi connectivity index (χ0v) is 17.6. The molecule has 2 aliphatic heterocycles. The van der Waals surface area contributed by atoms with E-state index in [0.29, 0.717) is 68.3 Å². The molecule has 0 aliphatic carbocycles. The molecule has 0 aromatic heterocycles. The molecule has 0 radical (unpaired) electrons. The van der Waals surface area contributed by atoms with Gasteiger partial charge in [-0.2, -0.15) is 0 Å². The van der Waals surface area contributed by atoms with Gasteiger partial charge in [0.05, 0.1) is 6.42 Å². The Balaban J connectivity index is 1.30. The average Bonchev–Trinajstić information content (AvgIpc) is 2.79. The molecule has 2 aliphatic rings. The minimum absolute atomic E-state index is 0.0532. The van der Waals surface area contributed by atoms with Crippen molar-refractivity contribution in [3.05, 3.63) is 53.6 Å². The number of anilines is 1. The number of piperidine rings is 1. The smallest absolute Gasteiger partial charge is 0.226 e. The molecule has 2 aromatic carbocycles. The molecule has 2 amide bonds. The summed E-state index contributed by atoms with van der Waals surface area (Å²) in [6.07, 6.45) is 1.61. The van der Waals surface area contributed by atoms with E-state index in [0.717, 1.165) is 5.56 Å². The summed E-state index contributed by atoms with van der Waals surface area (Å²) in [6, 6.07) is 12.6. The second-order valence-corrected chi connectivity index (χ2v) is 7.93. The predicted molar refractivity (Wildman–Crippen MR) is 116 cm³/mol. The van der Waals surface area contributed by atoms with E-state index >= 15 is 0 Å². The third kappa shape index (κ3) is 5.05. The van der Waals surface area contributed by atoms with E-state index in [4.69, 9.17) is 9.47 Å². The molecule has 31 heavy (non-hydrogen) atoms. The number of nitrogens with one attached hydrogen (secondary N) is 1. The highest BCUT2D eigenvalue weighted by atomic mass is 16.6. The summed E-state index contributed by atoms with van der Waals surface area (Å²) in [6.45, 7) is 3.61. The van der Waals surface area contributed by atoms with Crippen LogP contribution in [0.2, 0.25) is 0 Å². The Bertz CT molecular complexity index is 978. The number of benzene rings is 2. The summed E-state index contributed by atoms with van der Waals surface area (Å²) in [4.78, 5) is 38.5. The molecule has 0 atom stereocenters. The molecular formula is C24H26N2O5. The maximum atomic E-state index is 12.9. The van der Waals surface area contributed by atoms with Gasteiger partial charge in [0.2, 0.25) is 11.8 Å². The highest BCUT2D eigenvalue weighted by molar-refractivity contribution is 5.98. The SMILES string of the molecule is CC(=O)Nc1ccc(CC(=O)N2CCC(C(=O)c3ccc4c(c3)OCCO4)CC2)cc1. The van der Waals surface area contributed by atoms with Crippen molar-refractivity contribution in [1.29, 1.82) is 0 Å². The third-order valence-corrected chi connectivity index (χ3v) is 5.67. The van der Waals surface area contributed by atoms with Crippen LogP contribution in [0.1, 0.15) is 35.7 Å². The Morgan fingerprint density at radius 1 is 0.968 bits per heavy atom. The highest BCUT2D eigenvalue weighted by Gasteiger charge is 2.28. The largest absolute Gasteiger partial charge is 0.486 e. The van der Waals surface area contributed by atoms with Gasteiger partial charge in [0.25, 0.3) is 0 Å². The first-order valence-corrected chi connectivity index (χ1v) is 10.6. The van der Waals surface area contributed by atoms with Crippen molar-refractivity contribution in [1.82, 2.24) is 4.90 Å². The van der Waals surface area contributed by atoms with Crippen LogP contribution in [0.25, 0.3) is 0 Å². The van der Waals surface area contributed by atoms with Gasteiger partial charge in [0.1, 0.15) is 13.2 Å². The fourth-order valence-electron chi connectivity index (χ4n) is 4.02. The van der Waals surface area contributed by atoms with Crippen molar-refractivity contribution >= 4 is 23.3 Å². The first kappa shape index (κ1) is 20.9. The van der Waals surface area contributed by atoms with Gasteiger partial charge in [-0.15, -0.1) is 0 Å². The predicted octanol–water partition coefficient (Wildman–Crippen LogP) is 3.08. The number of carbonyl (C=O) groups excluding carboxylic acids is 3. The van der Waals surface area contributed by atoms with Crippen molar-refractivity contribution in [2.45, 2.75) is 26.2 Å². The number of fused-ring (bicyclic) bond motifs is 1. The molecule has 1 fully saturated rings. The van der Waals surface area contributed by atoms with E-state index < -0.39 is 0 Å². The third-order valence-electron chi connectivity index (χ3n) is 5.67. The van der Waals surface area contributed by atoms with Crippen LogP contribution < -0.4 is 14.8 Å². The van der Waals surface area contributed by atoms with Gasteiger partial charge in [0, 0.05) is 37.2 Å². The van der Waals surface area contributed by atoms with E-state index in [2.05, 4.69) is 5.32 Å². The molecule has 0 saturated carbocycles. The summed E-state index contributed by atoms with van der Waals surface area (Å²) in [5.74, 6) is 1.22. The number of ether oxygens (including phenoxy) is 2. The zero-order valence-electron chi connectivity index (χ0n) is 17.6. The number of likely N-dealkylation sites (tertiary alicyclic amines) is 1. The van der Waals surface area contributed by atoms with Crippen LogP contribution in [0.4, 0.5) is 5.69 Å². The van der Waals surface area contributed by atoms with Crippen LogP contribution in [0.3, 0.4) is 0 Å². The summed E-state index contributed by atoms with van der Waals surface area (Å²) in [5, 5.41) is 2.71. The fourth-order valence-corrected chi connectivity index (χ4v) is 4.02. The Hall–Kier alpha value is -3.35. The number of ketones is 1. The van der Waals surface area contributed by atoms with Crippen LogP contribution in [-0.4, -0.2) is 48.8 Å². The first-order chi connectivity index (χ1) is 15.0. The van der Waals surface area contributed by atoms with Gasteiger partial charge in [-0.25, -0.2) is 0 Å². The summed E-state index contributed by atoms with van der Waals surface area (Å²) in [5.41, 5.74) is 2.24.